The Morgan fingerprint density at radius 3 is 2.48 bits per heavy atom. The monoisotopic (exact) mass is 300 g/mol. The molecule has 1 atom stereocenters. The van der Waals surface area contributed by atoms with Gasteiger partial charge in [0.15, 0.2) is 0 Å². The molecule has 0 radical (unpaired) electrons. The average Bonchev–Trinajstić information content (AvgIpc) is 2.44. The van der Waals surface area contributed by atoms with E-state index in [1.807, 2.05) is 58.2 Å². The number of anilines is 1. The molecular formula is C17H20N2OS. The number of carbonyl (C=O) groups is 1. The lowest BCUT2D eigenvalue weighted by Crippen LogP contribution is -2.23. The lowest BCUT2D eigenvalue weighted by atomic mass is 10.1. The number of amides is 1. The largest absolute Gasteiger partial charge is 0.325 e. The van der Waals surface area contributed by atoms with Crippen LogP contribution in [0.1, 0.15) is 23.6 Å². The molecule has 0 aliphatic carbocycles. The van der Waals surface area contributed by atoms with Gasteiger partial charge < -0.3 is 5.32 Å². The SMILES string of the molecule is Cc1ccc(SC(C)C(=O)Nc2ccc(C)cc2C)nc1. The first kappa shape index (κ1) is 15.6. The highest BCUT2D eigenvalue weighted by atomic mass is 32.2. The zero-order chi connectivity index (χ0) is 15.4. The molecule has 1 N–H and O–H groups in total. The molecule has 2 rings (SSSR count). The molecule has 1 unspecified atom stereocenters. The van der Waals surface area contributed by atoms with Crippen LogP contribution in [0.15, 0.2) is 41.6 Å². The summed E-state index contributed by atoms with van der Waals surface area (Å²) in [6, 6.07) is 9.96. The zero-order valence-electron chi connectivity index (χ0n) is 12.8. The van der Waals surface area contributed by atoms with Gasteiger partial charge in [-0.2, -0.15) is 0 Å². The molecule has 1 amide bonds. The first-order chi connectivity index (χ1) is 9.95. The van der Waals surface area contributed by atoms with Crippen LogP contribution in [0, 0.1) is 20.8 Å². The molecular weight excluding hydrogens is 280 g/mol. The molecule has 0 saturated heterocycles. The number of aryl methyl sites for hydroxylation is 3. The van der Waals surface area contributed by atoms with Gasteiger partial charge in [-0.15, -0.1) is 0 Å². The molecule has 0 aliphatic rings. The van der Waals surface area contributed by atoms with Crippen LogP contribution in [-0.4, -0.2) is 16.1 Å². The van der Waals surface area contributed by atoms with Gasteiger partial charge >= 0.3 is 0 Å². The summed E-state index contributed by atoms with van der Waals surface area (Å²) < 4.78 is 0. The number of nitrogens with zero attached hydrogens (tertiary/aromatic N) is 1. The topological polar surface area (TPSA) is 42.0 Å². The number of carbonyl (C=O) groups excluding carboxylic acids is 1. The van der Waals surface area contributed by atoms with E-state index in [9.17, 15) is 4.79 Å². The van der Waals surface area contributed by atoms with Crippen molar-refractivity contribution in [1.82, 2.24) is 4.98 Å². The second-order valence-corrected chi connectivity index (χ2v) is 6.60. The van der Waals surface area contributed by atoms with E-state index in [4.69, 9.17) is 0 Å². The number of rotatable bonds is 4. The van der Waals surface area contributed by atoms with Crippen LogP contribution in [0.4, 0.5) is 5.69 Å². The molecule has 1 heterocycles. The van der Waals surface area contributed by atoms with Crippen LogP contribution < -0.4 is 5.32 Å². The van der Waals surface area contributed by atoms with E-state index in [-0.39, 0.29) is 11.2 Å². The first-order valence-electron chi connectivity index (χ1n) is 6.93. The fourth-order valence-corrected chi connectivity index (χ4v) is 2.74. The van der Waals surface area contributed by atoms with Crippen molar-refractivity contribution in [2.24, 2.45) is 0 Å². The maximum absolute atomic E-state index is 12.3. The summed E-state index contributed by atoms with van der Waals surface area (Å²) in [6.45, 7) is 7.94. The van der Waals surface area contributed by atoms with Crippen LogP contribution in [0.2, 0.25) is 0 Å². The quantitative estimate of drug-likeness (QED) is 0.863. The van der Waals surface area contributed by atoms with Crippen molar-refractivity contribution in [3.63, 3.8) is 0 Å². The smallest absolute Gasteiger partial charge is 0.237 e. The minimum absolute atomic E-state index is 0.00525. The van der Waals surface area contributed by atoms with E-state index in [2.05, 4.69) is 16.4 Å². The fraction of sp³-hybridized carbons (Fsp3) is 0.294. The van der Waals surface area contributed by atoms with E-state index in [0.29, 0.717) is 0 Å². The summed E-state index contributed by atoms with van der Waals surface area (Å²) in [5.74, 6) is -0.00525. The number of hydrogen-bond acceptors (Lipinski definition) is 3. The second-order valence-electron chi connectivity index (χ2n) is 5.24. The van der Waals surface area contributed by atoms with Crippen molar-refractivity contribution in [2.45, 2.75) is 38.0 Å². The number of nitrogens with one attached hydrogen (secondary N) is 1. The van der Waals surface area contributed by atoms with E-state index in [1.165, 1.54) is 17.3 Å². The highest BCUT2D eigenvalue weighted by Gasteiger charge is 2.15. The maximum Gasteiger partial charge on any atom is 0.237 e. The van der Waals surface area contributed by atoms with Gasteiger partial charge in [-0.1, -0.05) is 35.5 Å². The van der Waals surface area contributed by atoms with Crippen LogP contribution in [0.3, 0.4) is 0 Å². The minimum Gasteiger partial charge on any atom is -0.325 e. The Morgan fingerprint density at radius 1 is 1.14 bits per heavy atom. The summed E-state index contributed by atoms with van der Waals surface area (Å²) in [5.41, 5.74) is 4.26. The summed E-state index contributed by atoms with van der Waals surface area (Å²) in [7, 11) is 0. The van der Waals surface area contributed by atoms with E-state index in [1.54, 1.807) is 0 Å². The van der Waals surface area contributed by atoms with Crippen molar-refractivity contribution in [3.8, 4) is 0 Å². The molecule has 0 aliphatic heterocycles. The van der Waals surface area contributed by atoms with Crippen molar-refractivity contribution in [1.29, 1.82) is 0 Å². The molecule has 0 bridgehead atoms. The van der Waals surface area contributed by atoms with Crippen LogP contribution in [-0.2, 0) is 4.79 Å². The van der Waals surface area contributed by atoms with E-state index < -0.39 is 0 Å². The third kappa shape index (κ3) is 4.33. The van der Waals surface area contributed by atoms with Crippen molar-refractivity contribution in [3.05, 3.63) is 53.2 Å². The Balaban J connectivity index is 2.00. The lowest BCUT2D eigenvalue weighted by Gasteiger charge is -2.13. The van der Waals surface area contributed by atoms with Crippen LogP contribution >= 0.6 is 11.8 Å². The Kier molecular flexibility index (Phi) is 5.02. The molecule has 1 aromatic heterocycles. The Bertz CT molecular complexity index is 638. The first-order valence-corrected chi connectivity index (χ1v) is 7.81. The Morgan fingerprint density at radius 2 is 1.86 bits per heavy atom. The van der Waals surface area contributed by atoms with E-state index >= 15 is 0 Å². The van der Waals surface area contributed by atoms with Gasteiger partial charge in [-0.3, -0.25) is 4.79 Å². The molecule has 3 nitrogen and oxygen atoms in total. The van der Waals surface area contributed by atoms with Gasteiger partial charge in [-0.25, -0.2) is 4.98 Å². The van der Waals surface area contributed by atoms with Gasteiger partial charge in [0.25, 0.3) is 0 Å². The highest BCUT2D eigenvalue weighted by Crippen LogP contribution is 2.23. The van der Waals surface area contributed by atoms with Gasteiger partial charge in [0.2, 0.25) is 5.91 Å². The normalized spacial score (nSPS) is 12.0. The second kappa shape index (κ2) is 6.76. The summed E-state index contributed by atoms with van der Waals surface area (Å²) in [6.07, 6.45) is 1.82. The van der Waals surface area contributed by atoms with Crippen molar-refractivity contribution in [2.75, 3.05) is 5.32 Å². The molecule has 4 heteroatoms. The van der Waals surface area contributed by atoms with Gasteiger partial charge in [0.1, 0.15) is 0 Å². The minimum atomic E-state index is -0.194. The molecule has 1 aromatic carbocycles. The van der Waals surface area contributed by atoms with Crippen LogP contribution in [0.25, 0.3) is 0 Å². The van der Waals surface area contributed by atoms with Gasteiger partial charge in [0.05, 0.1) is 10.3 Å². The number of benzene rings is 1. The van der Waals surface area contributed by atoms with Crippen molar-refractivity contribution < 1.29 is 4.79 Å². The lowest BCUT2D eigenvalue weighted by molar-refractivity contribution is -0.115. The predicted molar refractivity (Wildman–Crippen MR) is 88.8 cm³/mol. The maximum atomic E-state index is 12.3. The summed E-state index contributed by atoms with van der Waals surface area (Å²) in [5, 5.41) is 3.65. The summed E-state index contributed by atoms with van der Waals surface area (Å²) in [4.78, 5) is 16.6. The molecule has 21 heavy (non-hydrogen) atoms. The number of pyridine rings is 1. The highest BCUT2D eigenvalue weighted by molar-refractivity contribution is 8.00. The molecule has 110 valence electrons. The predicted octanol–water partition coefficient (Wildman–Crippen LogP) is 4.13. The van der Waals surface area contributed by atoms with E-state index in [0.717, 1.165) is 21.8 Å². The third-order valence-corrected chi connectivity index (χ3v) is 4.24. The van der Waals surface area contributed by atoms with Gasteiger partial charge in [-0.05, 0) is 51.0 Å². The number of thioether (sulfide) groups is 1. The average molecular weight is 300 g/mol. The Labute approximate surface area is 130 Å². The van der Waals surface area contributed by atoms with Crippen molar-refractivity contribution >= 4 is 23.4 Å². The number of aromatic nitrogens is 1. The Hall–Kier alpha value is -1.81. The van der Waals surface area contributed by atoms with Crippen LogP contribution in [0.5, 0.6) is 0 Å². The molecule has 2 aromatic rings. The molecule has 0 saturated carbocycles. The number of hydrogen-bond donors (Lipinski definition) is 1. The molecule has 0 spiro atoms. The molecule has 0 fully saturated rings. The fourth-order valence-electron chi connectivity index (χ4n) is 1.95. The summed E-state index contributed by atoms with van der Waals surface area (Å²) >= 11 is 1.47. The zero-order valence-corrected chi connectivity index (χ0v) is 13.6. The third-order valence-electron chi connectivity index (χ3n) is 3.19. The van der Waals surface area contributed by atoms with Gasteiger partial charge in [0, 0.05) is 11.9 Å². The standard InChI is InChI=1S/C17H20N2OS/c1-11-5-7-15(13(3)9-11)19-17(20)14(4)21-16-8-6-12(2)10-18-16/h5-10,14H,1-4H3,(H,19,20).